The molecule has 2 fully saturated rings. The summed E-state index contributed by atoms with van der Waals surface area (Å²) in [5, 5.41) is 4.98. The fourth-order valence-electron chi connectivity index (χ4n) is 5.37. The summed E-state index contributed by atoms with van der Waals surface area (Å²) in [5.74, 6) is 1.16. The number of ether oxygens (including phenoxy) is 1. The maximum absolute atomic E-state index is 11.7. The molecule has 0 radical (unpaired) electrons. The van der Waals surface area contributed by atoms with Gasteiger partial charge in [-0.1, -0.05) is 42.0 Å². The van der Waals surface area contributed by atoms with Crippen molar-refractivity contribution >= 4 is 29.3 Å². The number of benzene rings is 2. The van der Waals surface area contributed by atoms with Crippen LogP contribution in [0, 0.1) is 6.92 Å². The van der Waals surface area contributed by atoms with Crippen LogP contribution in [0.15, 0.2) is 65.7 Å². The lowest BCUT2D eigenvalue weighted by Crippen LogP contribution is -2.48. The molecule has 0 N–H and O–H groups in total. The smallest absolute Gasteiger partial charge is 0.219 e. The van der Waals surface area contributed by atoms with Crippen molar-refractivity contribution < 1.29 is 9.53 Å². The first-order valence-corrected chi connectivity index (χ1v) is 13.9. The minimum Gasteiger partial charge on any atom is -0.378 e. The van der Waals surface area contributed by atoms with E-state index in [1.807, 2.05) is 21.7 Å². The highest BCUT2D eigenvalue weighted by Gasteiger charge is 2.20. The Labute approximate surface area is 234 Å². The molecule has 2 aromatic carbocycles. The van der Waals surface area contributed by atoms with Gasteiger partial charge in [-0.2, -0.15) is 9.61 Å². The van der Waals surface area contributed by atoms with Crippen LogP contribution in [0.5, 0.6) is 0 Å². The fourth-order valence-corrected chi connectivity index (χ4v) is 5.37. The number of anilines is 2. The van der Waals surface area contributed by atoms with Gasteiger partial charge >= 0.3 is 0 Å². The Bertz CT molecular complexity index is 1510. The molecule has 2 saturated heterocycles. The van der Waals surface area contributed by atoms with Crippen LogP contribution in [0.1, 0.15) is 23.7 Å². The van der Waals surface area contributed by atoms with Crippen LogP contribution in [0.4, 0.5) is 11.5 Å². The van der Waals surface area contributed by atoms with Gasteiger partial charge in [0.1, 0.15) is 5.82 Å². The van der Waals surface area contributed by atoms with Gasteiger partial charge in [0, 0.05) is 75.8 Å². The van der Waals surface area contributed by atoms with Crippen molar-refractivity contribution in [3.63, 3.8) is 0 Å². The molecule has 6 rings (SSSR count). The number of amides is 1. The standard InChI is InChI=1S/C31H35N7O2/c1-23-4-3-5-25(18-23)21-32-22-27-19-31(37-14-16-40-17-15-37)38-30(33-27)20-29(34-38)26-6-8-28(9-7-26)36-12-10-35(11-13-36)24(2)39/h3-9,18-21H,10-17,22H2,1-2H3. The van der Waals surface area contributed by atoms with Gasteiger partial charge in [0.05, 0.1) is 31.1 Å². The van der Waals surface area contributed by atoms with Crippen molar-refractivity contribution in [2.45, 2.75) is 20.4 Å². The summed E-state index contributed by atoms with van der Waals surface area (Å²) in [5.41, 5.74) is 7.11. The molecule has 206 valence electrons. The quantitative estimate of drug-likeness (QED) is 0.348. The number of hydrogen-bond acceptors (Lipinski definition) is 7. The minimum atomic E-state index is 0.146. The molecule has 2 aromatic heterocycles. The van der Waals surface area contributed by atoms with Gasteiger partial charge in [-0.25, -0.2) is 4.98 Å². The molecule has 0 atom stereocenters. The average molecular weight is 538 g/mol. The Hall–Kier alpha value is -4.24. The predicted molar refractivity (Wildman–Crippen MR) is 158 cm³/mol. The molecule has 9 heteroatoms. The van der Waals surface area contributed by atoms with Gasteiger partial charge in [-0.05, 0) is 24.6 Å². The van der Waals surface area contributed by atoms with Crippen molar-refractivity contribution in [1.82, 2.24) is 19.5 Å². The summed E-state index contributed by atoms with van der Waals surface area (Å²) in [7, 11) is 0. The number of morpholine rings is 1. The summed E-state index contributed by atoms with van der Waals surface area (Å²) in [4.78, 5) is 27.8. The van der Waals surface area contributed by atoms with E-state index >= 15 is 0 Å². The van der Waals surface area contributed by atoms with E-state index < -0.39 is 0 Å². The molecule has 40 heavy (non-hydrogen) atoms. The Morgan fingerprint density at radius 3 is 2.45 bits per heavy atom. The molecular formula is C31H35N7O2. The van der Waals surface area contributed by atoms with E-state index in [1.54, 1.807) is 6.92 Å². The summed E-state index contributed by atoms with van der Waals surface area (Å²) < 4.78 is 7.55. The van der Waals surface area contributed by atoms with E-state index in [-0.39, 0.29) is 5.91 Å². The monoisotopic (exact) mass is 537 g/mol. The zero-order valence-corrected chi connectivity index (χ0v) is 23.2. The zero-order chi connectivity index (χ0) is 27.5. The Morgan fingerprint density at radius 1 is 0.950 bits per heavy atom. The summed E-state index contributed by atoms with van der Waals surface area (Å²) in [6.45, 7) is 10.4. The first-order valence-electron chi connectivity index (χ1n) is 13.9. The number of hydrogen-bond donors (Lipinski definition) is 0. The number of nitrogens with zero attached hydrogens (tertiary/aromatic N) is 7. The normalized spacial score (nSPS) is 16.3. The van der Waals surface area contributed by atoms with Crippen molar-refractivity contribution in [2.24, 2.45) is 4.99 Å². The third kappa shape index (κ3) is 5.70. The Kier molecular flexibility index (Phi) is 7.46. The van der Waals surface area contributed by atoms with Crippen molar-refractivity contribution in [3.8, 4) is 11.3 Å². The van der Waals surface area contributed by atoms with Gasteiger partial charge in [-0.15, -0.1) is 0 Å². The number of carbonyl (C=O) groups is 1. The van der Waals surface area contributed by atoms with Gasteiger partial charge in [-0.3, -0.25) is 9.79 Å². The van der Waals surface area contributed by atoms with Crippen LogP contribution in [0.3, 0.4) is 0 Å². The fraction of sp³-hybridized carbons (Fsp3) is 0.355. The zero-order valence-electron chi connectivity index (χ0n) is 23.2. The molecule has 0 bridgehead atoms. The maximum Gasteiger partial charge on any atom is 0.219 e. The second-order valence-electron chi connectivity index (χ2n) is 10.4. The van der Waals surface area contributed by atoms with Crippen molar-refractivity contribution in [1.29, 1.82) is 0 Å². The lowest BCUT2D eigenvalue weighted by Gasteiger charge is -2.35. The molecule has 4 heterocycles. The van der Waals surface area contributed by atoms with E-state index in [0.29, 0.717) is 19.8 Å². The minimum absolute atomic E-state index is 0.146. The van der Waals surface area contributed by atoms with Crippen LogP contribution in [0.25, 0.3) is 16.9 Å². The van der Waals surface area contributed by atoms with Crippen LogP contribution in [-0.2, 0) is 16.1 Å². The van der Waals surface area contributed by atoms with Gasteiger partial charge < -0.3 is 19.4 Å². The third-order valence-corrected chi connectivity index (χ3v) is 7.59. The molecule has 4 aromatic rings. The molecule has 0 unspecified atom stereocenters. The summed E-state index contributed by atoms with van der Waals surface area (Å²) in [6, 6.07) is 21.0. The van der Waals surface area contributed by atoms with Crippen molar-refractivity contribution in [3.05, 3.63) is 77.5 Å². The lowest BCUT2D eigenvalue weighted by molar-refractivity contribution is -0.129. The van der Waals surface area contributed by atoms with Crippen LogP contribution < -0.4 is 9.80 Å². The van der Waals surface area contributed by atoms with Crippen LogP contribution >= 0.6 is 0 Å². The number of aliphatic imine (C=N–C) groups is 1. The number of carbonyl (C=O) groups excluding carboxylic acids is 1. The predicted octanol–water partition coefficient (Wildman–Crippen LogP) is 3.83. The molecule has 0 saturated carbocycles. The second-order valence-corrected chi connectivity index (χ2v) is 10.4. The first-order chi connectivity index (χ1) is 19.5. The average Bonchev–Trinajstić information content (AvgIpc) is 3.42. The highest BCUT2D eigenvalue weighted by atomic mass is 16.5. The van der Waals surface area contributed by atoms with E-state index in [2.05, 4.69) is 71.3 Å². The highest BCUT2D eigenvalue weighted by molar-refractivity contribution is 5.79. The molecule has 0 aliphatic carbocycles. The Morgan fingerprint density at radius 2 is 1.73 bits per heavy atom. The highest BCUT2D eigenvalue weighted by Crippen LogP contribution is 2.27. The molecule has 9 nitrogen and oxygen atoms in total. The third-order valence-electron chi connectivity index (χ3n) is 7.59. The number of fused-ring (bicyclic) bond motifs is 1. The number of rotatable bonds is 6. The maximum atomic E-state index is 11.7. The summed E-state index contributed by atoms with van der Waals surface area (Å²) >= 11 is 0. The van der Waals surface area contributed by atoms with E-state index in [0.717, 1.165) is 78.9 Å². The molecule has 2 aliphatic heterocycles. The SMILES string of the molecule is CC(=O)N1CCN(c2ccc(-c3cc4nc(CN=Cc5cccc(C)c5)cc(N5CCOCC5)n4n3)cc2)CC1. The molecule has 1 amide bonds. The van der Waals surface area contributed by atoms with Crippen molar-refractivity contribution in [2.75, 3.05) is 62.3 Å². The van der Waals surface area contributed by atoms with Gasteiger partial charge in [0.2, 0.25) is 5.91 Å². The van der Waals surface area contributed by atoms with E-state index in [1.165, 1.54) is 5.56 Å². The Balaban J connectivity index is 1.26. The number of aryl methyl sites for hydroxylation is 1. The van der Waals surface area contributed by atoms with Crippen LogP contribution in [0.2, 0.25) is 0 Å². The second kappa shape index (κ2) is 11.5. The van der Waals surface area contributed by atoms with Crippen LogP contribution in [-0.4, -0.2) is 84.1 Å². The molecule has 0 spiro atoms. The number of piperazine rings is 1. The topological polar surface area (TPSA) is 78.6 Å². The molecule has 2 aliphatic rings. The van der Waals surface area contributed by atoms with E-state index in [4.69, 9.17) is 19.8 Å². The molecular weight excluding hydrogens is 502 g/mol. The van der Waals surface area contributed by atoms with Gasteiger partial charge in [0.25, 0.3) is 0 Å². The number of aromatic nitrogens is 3. The first kappa shape index (κ1) is 26.0. The summed E-state index contributed by atoms with van der Waals surface area (Å²) in [6.07, 6.45) is 1.91. The lowest BCUT2D eigenvalue weighted by atomic mass is 10.1. The largest absolute Gasteiger partial charge is 0.378 e. The van der Waals surface area contributed by atoms with E-state index in [9.17, 15) is 4.79 Å². The van der Waals surface area contributed by atoms with Gasteiger partial charge in [0.15, 0.2) is 5.65 Å².